The number of allylic oxidation sites excluding steroid dienone is 1. The number of aliphatic imine (C=N–C) groups is 1. The topological polar surface area (TPSA) is 96.6 Å². The summed E-state index contributed by atoms with van der Waals surface area (Å²) < 4.78 is 17.7. The molecule has 1 amide bonds. The highest BCUT2D eigenvalue weighted by atomic mass is 32.2. The Labute approximate surface area is 246 Å². The lowest BCUT2D eigenvalue weighted by atomic mass is 10.1. The minimum absolute atomic E-state index is 0.0284. The van der Waals surface area contributed by atoms with Gasteiger partial charge in [-0.2, -0.15) is 15.1 Å². The lowest BCUT2D eigenvalue weighted by Gasteiger charge is -2.20. The average molecular weight is 575 g/mol. The van der Waals surface area contributed by atoms with E-state index in [-0.39, 0.29) is 11.4 Å². The molecule has 0 fully saturated rings. The third-order valence-corrected chi connectivity index (χ3v) is 7.47. The number of hydrogen-bond donors (Lipinski definition) is 1. The molecule has 0 spiro atoms. The molecule has 2 aromatic carbocycles. The molecule has 0 radical (unpaired) electrons. The molecule has 41 heavy (non-hydrogen) atoms. The first-order valence-electron chi connectivity index (χ1n) is 14.2. The van der Waals surface area contributed by atoms with E-state index >= 15 is 0 Å². The van der Waals surface area contributed by atoms with E-state index in [1.165, 1.54) is 36.0 Å². The maximum Gasteiger partial charge on any atom is 0.283 e. The lowest BCUT2D eigenvalue weighted by Crippen LogP contribution is -2.35. The number of carbonyl (C=O) groups is 1. The second-order valence-corrected chi connectivity index (χ2v) is 10.7. The molecular weight excluding hydrogens is 536 g/mol. The van der Waals surface area contributed by atoms with E-state index < -0.39 is 5.91 Å². The summed E-state index contributed by atoms with van der Waals surface area (Å²) in [4.78, 5) is 17.1. The molecule has 2 aromatic rings. The maximum atomic E-state index is 12.9. The van der Waals surface area contributed by atoms with Crippen LogP contribution < -0.4 is 14.2 Å². The van der Waals surface area contributed by atoms with E-state index in [9.17, 15) is 4.79 Å². The van der Waals surface area contributed by atoms with Gasteiger partial charge in [0.1, 0.15) is 24.0 Å². The molecule has 2 aliphatic heterocycles. The highest BCUT2D eigenvalue weighted by Crippen LogP contribution is 2.33. The Balaban J connectivity index is 1.40. The summed E-state index contributed by atoms with van der Waals surface area (Å²) in [6, 6.07) is 13.3. The highest BCUT2D eigenvalue weighted by molar-refractivity contribution is 8.26. The number of thioether (sulfide) groups is 1. The number of amides is 1. The van der Waals surface area contributed by atoms with Gasteiger partial charge in [0.2, 0.25) is 5.17 Å². The normalized spacial score (nSPS) is 15.5. The lowest BCUT2D eigenvalue weighted by molar-refractivity contribution is -0.114. The third kappa shape index (κ3) is 8.10. The van der Waals surface area contributed by atoms with E-state index in [0.29, 0.717) is 42.1 Å². The zero-order valence-corrected chi connectivity index (χ0v) is 24.7. The van der Waals surface area contributed by atoms with Gasteiger partial charge in [-0.05, 0) is 73.4 Å². The van der Waals surface area contributed by atoms with Gasteiger partial charge in [0.05, 0.1) is 12.2 Å². The van der Waals surface area contributed by atoms with Crippen LogP contribution in [0.3, 0.4) is 0 Å². The van der Waals surface area contributed by atoms with Gasteiger partial charge in [0.15, 0.2) is 17.3 Å². The second-order valence-electron chi connectivity index (χ2n) is 9.61. The largest absolute Gasteiger partial charge is 0.490 e. The summed E-state index contributed by atoms with van der Waals surface area (Å²) in [5.41, 5.74) is 1.96. The number of carbonyl (C=O) groups excluding carboxylic acids is 1. The SMILES string of the molecule is C=CCc1ccccc1OCCOc1ccc(C=C2C(=N)N3N=C(CCCCCCC)SC3=NC2=O)cc1OCC. The first kappa shape index (κ1) is 30.1. The average Bonchev–Trinajstić information content (AvgIpc) is 3.38. The fourth-order valence-corrected chi connectivity index (χ4v) is 5.38. The fraction of sp³-hybridized carbons (Fsp3) is 0.375. The van der Waals surface area contributed by atoms with Crippen LogP contribution in [0, 0.1) is 5.41 Å². The maximum absolute atomic E-state index is 12.9. The summed E-state index contributed by atoms with van der Waals surface area (Å²) in [5.74, 6) is 1.52. The van der Waals surface area contributed by atoms with Crippen LogP contribution in [-0.4, -0.2) is 46.8 Å². The fourth-order valence-electron chi connectivity index (χ4n) is 4.45. The summed E-state index contributed by atoms with van der Waals surface area (Å²) in [6.45, 7) is 9.05. The Morgan fingerprint density at radius 3 is 2.54 bits per heavy atom. The zero-order chi connectivity index (χ0) is 29.0. The molecular formula is C32H38N4O4S. The summed E-state index contributed by atoms with van der Waals surface area (Å²) in [7, 11) is 0. The van der Waals surface area contributed by atoms with Gasteiger partial charge in [0.25, 0.3) is 5.91 Å². The van der Waals surface area contributed by atoms with Crippen LogP contribution in [0.4, 0.5) is 0 Å². The number of nitrogens with one attached hydrogen (secondary N) is 1. The number of amidine groups is 2. The second kappa shape index (κ2) is 15.2. The van der Waals surface area contributed by atoms with E-state index in [1.54, 1.807) is 18.2 Å². The predicted octanol–water partition coefficient (Wildman–Crippen LogP) is 7.25. The third-order valence-electron chi connectivity index (χ3n) is 6.50. The minimum Gasteiger partial charge on any atom is -0.490 e. The molecule has 0 aromatic heterocycles. The van der Waals surface area contributed by atoms with Gasteiger partial charge < -0.3 is 14.2 Å². The highest BCUT2D eigenvalue weighted by Gasteiger charge is 2.35. The molecule has 0 aliphatic carbocycles. The molecule has 0 atom stereocenters. The van der Waals surface area contributed by atoms with Crippen molar-refractivity contribution in [2.24, 2.45) is 10.1 Å². The molecule has 8 nitrogen and oxygen atoms in total. The number of ether oxygens (including phenoxy) is 3. The summed E-state index contributed by atoms with van der Waals surface area (Å²) in [5, 5.41) is 16.1. The van der Waals surface area contributed by atoms with E-state index in [0.717, 1.165) is 42.0 Å². The zero-order valence-electron chi connectivity index (χ0n) is 23.9. The minimum atomic E-state index is -0.444. The molecule has 2 aliphatic rings. The molecule has 0 unspecified atom stereocenters. The summed E-state index contributed by atoms with van der Waals surface area (Å²) >= 11 is 1.38. The van der Waals surface area contributed by atoms with Crippen molar-refractivity contribution in [3.8, 4) is 17.2 Å². The van der Waals surface area contributed by atoms with E-state index in [2.05, 4.69) is 23.6 Å². The number of unbranched alkanes of at least 4 members (excludes halogenated alkanes) is 4. The van der Waals surface area contributed by atoms with Gasteiger partial charge in [-0.3, -0.25) is 10.2 Å². The molecule has 0 saturated carbocycles. The van der Waals surface area contributed by atoms with Crippen LogP contribution >= 0.6 is 11.8 Å². The van der Waals surface area contributed by atoms with Crippen LogP contribution in [-0.2, 0) is 11.2 Å². The smallest absolute Gasteiger partial charge is 0.283 e. The van der Waals surface area contributed by atoms with Crippen molar-refractivity contribution in [2.45, 2.75) is 58.8 Å². The van der Waals surface area contributed by atoms with Crippen LogP contribution in [0.25, 0.3) is 6.08 Å². The van der Waals surface area contributed by atoms with Crippen molar-refractivity contribution in [1.29, 1.82) is 5.41 Å². The number of benzene rings is 2. The van der Waals surface area contributed by atoms with Gasteiger partial charge in [0, 0.05) is 0 Å². The van der Waals surface area contributed by atoms with Crippen molar-refractivity contribution in [3.63, 3.8) is 0 Å². The number of rotatable bonds is 16. The van der Waals surface area contributed by atoms with Gasteiger partial charge in [-0.1, -0.05) is 62.9 Å². The molecule has 1 N–H and O–H groups in total. The van der Waals surface area contributed by atoms with Crippen LogP contribution in [0.5, 0.6) is 17.2 Å². The van der Waals surface area contributed by atoms with Crippen molar-refractivity contribution in [2.75, 3.05) is 19.8 Å². The number of fused-ring (bicyclic) bond motifs is 1. The molecule has 0 saturated heterocycles. The predicted molar refractivity (Wildman–Crippen MR) is 167 cm³/mol. The Morgan fingerprint density at radius 2 is 1.76 bits per heavy atom. The van der Waals surface area contributed by atoms with Gasteiger partial charge in [-0.25, -0.2) is 0 Å². The number of nitrogens with zero attached hydrogens (tertiary/aromatic N) is 3. The van der Waals surface area contributed by atoms with E-state index in [1.807, 2.05) is 43.3 Å². The van der Waals surface area contributed by atoms with Crippen molar-refractivity contribution in [3.05, 3.63) is 71.8 Å². The van der Waals surface area contributed by atoms with E-state index in [4.69, 9.17) is 19.6 Å². The van der Waals surface area contributed by atoms with Crippen LogP contribution in [0.2, 0.25) is 0 Å². The monoisotopic (exact) mass is 574 g/mol. The first-order chi connectivity index (χ1) is 20.0. The van der Waals surface area contributed by atoms with Crippen molar-refractivity contribution in [1.82, 2.24) is 5.01 Å². The summed E-state index contributed by atoms with van der Waals surface area (Å²) in [6.07, 6.45) is 10.9. The number of hydrazone groups is 1. The Bertz CT molecular complexity index is 1350. The standard InChI is InChI=1S/C32H38N4O4S/c1-4-7-8-9-10-16-29-35-36-30(33)25(31(37)34-32(36)41-29)21-23-17-18-27(28(22-23)38-6-3)40-20-19-39-26-15-12-11-14-24(26)13-5-2/h5,11-12,14-15,17-18,21-22,33H,2,4,6-10,13,16,19-20H2,1,3H3. The molecule has 4 rings (SSSR count). The molecule has 216 valence electrons. The van der Waals surface area contributed by atoms with Gasteiger partial charge in [-0.15, -0.1) is 6.58 Å². The van der Waals surface area contributed by atoms with Crippen molar-refractivity contribution < 1.29 is 19.0 Å². The van der Waals surface area contributed by atoms with Crippen LogP contribution in [0.15, 0.2) is 70.8 Å². The first-order valence-corrected chi connectivity index (χ1v) is 15.1. The number of para-hydroxylation sites is 1. The molecule has 9 heteroatoms. The quantitative estimate of drug-likeness (QED) is 0.129. The Kier molecular flexibility index (Phi) is 11.2. The Hall–Kier alpha value is -3.85. The molecule has 2 heterocycles. The van der Waals surface area contributed by atoms with Crippen molar-refractivity contribution >= 4 is 39.8 Å². The molecule has 0 bridgehead atoms. The van der Waals surface area contributed by atoms with Crippen LogP contribution in [0.1, 0.15) is 63.5 Å². The van der Waals surface area contributed by atoms with Gasteiger partial charge >= 0.3 is 0 Å². The number of hydrogen-bond acceptors (Lipinski definition) is 7. The Morgan fingerprint density at radius 1 is 0.976 bits per heavy atom.